The van der Waals surface area contributed by atoms with Crippen molar-refractivity contribution in [2.75, 3.05) is 18.1 Å². The van der Waals surface area contributed by atoms with Crippen molar-refractivity contribution in [2.45, 2.75) is 38.1 Å². The highest BCUT2D eigenvalue weighted by Crippen LogP contribution is 2.22. The molecule has 0 spiro atoms. The van der Waals surface area contributed by atoms with E-state index in [-0.39, 0.29) is 11.5 Å². The van der Waals surface area contributed by atoms with Gasteiger partial charge in [-0.25, -0.2) is 8.42 Å². The highest BCUT2D eigenvalue weighted by molar-refractivity contribution is 7.90. The van der Waals surface area contributed by atoms with Crippen LogP contribution in [0.1, 0.15) is 27.2 Å². The molecule has 4 nitrogen and oxygen atoms in total. The summed E-state index contributed by atoms with van der Waals surface area (Å²) in [4.78, 5) is 0.318. The molecule has 0 aliphatic heterocycles. The third-order valence-corrected chi connectivity index (χ3v) is 3.87. The quantitative estimate of drug-likeness (QED) is 0.870. The molecule has 1 unspecified atom stereocenters. The molecule has 0 saturated heterocycles. The Morgan fingerprint density at radius 2 is 1.84 bits per heavy atom. The fourth-order valence-corrected chi connectivity index (χ4v) is 2.90. The van der Waals surface area contributed by atoms with Gasteiger partial charge in [0, 0.05) is 18.8 Å². The van der Waals surface area contributed by atoms with Gasteiger partial charge in [-0.05, 0) is 24.0 Å². The maximum Gasteiger partial charge on any atom is 0.177 e. The van der Waals surface area contributed by atoms with Gasteiger partial charge in [0.2, 0.25) is 0 Å². The van der Waals surface area contributed by atoms with E-state index in [1.165, 1.54) is 6.26 Å². The fraction of sp³-hybridized carbons (Fsp3) is 0.571. The molecule has 0 aliphatic carbocycles. The summed E-state index contributed by atoms with van der Waals surface area (Å²) in [5, 5.41) is 3.14. The summed E-state index contributed by atoms with van der Waals surface area (Å²) < 4.78 is 23.3. The summed E-state index contributed by atoms with van der Waals surface area (Å²) in [6.45, 7) is 6.97. The highest BCUT2D eigenvalue weighted by Gasteiger charge is 2.17. The largest absolute Gasteiger partial charge is 0.382 e. The van der Waals surface area contributed by atoms with Crippen LogP contribution in [-0.4, -0.2) is 27.3 Å². The molecule has 0 fully saturated rings. The maximum absolute atomic E-state index is 11.7. The molecule has 19 heavy (non-hydrogen) atoms. The van der Waals surface area contributed by atoms with Crippen molar-refractivity contribution in [3.63, 3.8) is 0 Å². The van der Waals surface area contributed by atoms with E-state index in [1.807, 2.05) is 6.07 Å². The van der Waals surface area contributed by atoms with E-state index in [4.69, 9.17) is 5.73 Å². The van der Waals surface area contributed by atoms with Crippen molar-refractivity contribution >= 4 is 15.5 Å². The summed E-state index contributed by atoms with van der Waals surface area (Å²) in [6, 6.07) is 6.89. The smallest absolute Gasteiger partial charge is 0.177 e. The Hall–Kier alpha value is -1.07. The Bertz CT molecular complexity index is 518. The first kappa shape index (κ1) is 16.0. The molecule has 0 saturated carbocycles. The van der Waals surface area contributed by atoms with Crippen molar-refractivity contribution in [1.29, 1.82) is 0 Å². The van der Waals surface area contributed by atoms with E-state index in [0.717, 1.165) is 6.42 Å². The van der Waals surface area contributed by atoms with Crippen LogP contribution in [0, 0.1) is 5.41 Å². The Morgan fingerprint density at radius 3 is 2.37 bits per heavy atom. The van der Waals surface area contributed by atoms with Crippen LogP contribution in [-0.2, 0) is 9.84 Å². The van der Waals surface area contributed by atoms with Crippen LogP contribution in [0.3, 0.4) is 0 Å². The average Bonchev–Trinajstić information content (AvgIpc) is 2.23. The first-order chi connectivity index (χ1) is 8.59. The average molecular weight is 284 g/mol. The minimum Gasteiger partial charge on any atom is -0.382 e. The molecule has 1 aromatic rings. The van der Waals surface area contributed by atoms with Gasteiger partial charge in [0.05, 0.1) is 10.6 Å². The molecule has 1 rings (SSSR count). The van der Waals surface area contributed by atoms with Gasteiger partial charge in [0.1, 0.15) is 0 Å². The predicted octanol–water partition coefficient (Wildman–Crippen LogP) is 2.27. The molecular weight excluding hydrogens is 260 g/mol. The maximum atomic E-state index is 11.7. The van der Waals surface area contributed by atoms with E-state index in [0.29, 0.717) is 17.1 Å². The predicted molar refractivity (Wildman–Crippen MR) is 80.1 cm³/mol. The number of sulfone groups is 1. The number of para-hydroxylation sites is 1. The Labute approximate surface area is 116 Å². The van der Waals surface area contributed by atoms with Crippen molar-refractivity contribution < 1.29 is 8.42 Å². The minimum absolute atomic E-state index is 0.00684. The molecule has 0 bridgehead atoms. The van der Waals surface area contributed by atoms with Crippen molar-refractivity contribution in [3.8, 4) is 0 Å². The standard InChI is InChI=1S/C14H24N2O2S/c1-14(2,3)9-11(15)10-16-12-7-5-6-8-13(12)19(4,17)18/h5-8,11,16H,9-10,15H2,1-4H3. The second kappa shape index (κ2) is 5.92. The van der Waals surface area contributed by atoms with Crippen LogP contribution in [0.2, 0.25) is 0 Å². The van der Waals surface area contributed by atoms with Crippen molar-refractivity contribution in [2.24, 2.45) is 11.1 Å². The monoisotopic (exact) mass is 284 g/mol. The van der Waals surface area contributed by atoms with Gasteiger partial charge in [-0.15, -0.1) is 0 Å². The van der Waals surface area contributed by atoms with Gasteiger partial charge in [-0.2, -0.15) is 0 Å². The lowest BCUT2D eigenvalue weighted by molar-refractivity contribution is 0.344. The van der Waals surface area contributed by atoms with Gasteiger partial charge in [-0.1, -0.05) is 32.9 Å². The van der Waals surface area contributed by atoms with Crippen LogP contribution < -0.4 is 11.1 Å². The first-order valence-corrected chi connectivity index (χ1v) is 8.27. The van der Waals surface area contributed by atoms with Crippen molar-refractivity contribution in [3.05, 3.63) is 24.3 Å². The van der Waals surface area contributed by atoms with Crippen LogP contribution in [0.15, 0.2) is 29.2 Å². The summed E-state index contributed by atoms with van der Waals surface area (Å²) in [7, 11) is -3.22. The van der Waals surface area contributed by atoms with Gasteiger partial charge >= 0.3 is 0 Å². The van der Waals surface area contributed by atoms with E-state index >= 15 is 0 Å². The molecule has 0 radical (unpaired) electrons. The molecule has 3 N–H and O–H groups in total. The highest BCUT2D eigenvalue weighted by atomic mass is 32.2. The molecule has 108 valence electrons. The number of benzene rings is 1. The number of anilines is 1. The zero-order chi connectivity index (χ0) is 14.7. The topological polar surface area (TPSA) is 72.2 Å². The van der Waals surface area contributed by atoms with Gasteiger partial charge in [0.15, 0.2) is 9.84 Å². The molecule has 0 heterocycles. The third kappa shape index (κ3) is 5.61. The summed E-state index contributed by atoms with van der Waals surface area (Å²) in [6.07, 6.45) is 2.09. The summed E-state index contributed by atoms with van der Waals surface area (Å²) in [5.74, 6) is 0. The summed E-state index contributed by atoms with van der Waals surface area (Å²) >= 11 is 0. The Kier molecular flexibility index (Phi) is 4.98. The SMILES string of the molecule is CC(C)(C)CC(N)CNc1ccccc1S(C)(=O)=O. The molecular formula is C14H24N2O2S. The lowest BCUT2D eigenvalue weighted by Crippen LogP contribution is -2.33. The fourth-order valence-electron chi connectivity index (χ4n) is 2.04. The number of hydrogen-bond acceptors (Lipinski definition) is 4. The van der Waals surface area contributed by atoms with Crippen LogP contribution >= 0.6 is 0 Å². The first-order valence-electron chi connectivity index (χ1n) is 6.38. The van der Waals surface area contributed by atoms with E-state index in [9.17, 15) is 8.42 Å². The second-order valence-corrected chi connectivity index (χ2v) is 8.16. The molecule has 0 aliphatic rings. The molecule has 1 atom stereocenters. The Balaban J connectivity index is 2.74. The molecule has 0 aromatic heterocycles. The second-order valence-electron chi connectivity index (χ2n) is 6.17. The van der Waals surface area contributed by atoms with Crippen LogP contribution in [0.5, 0.6) is 0 Å². The van der Waals surface area contributed by atoms with E-state index in [2.05, 4.69) is 26.1 Å². The lowest BCUT2D eigenvalue weighted by atomic mass is 9.88. The van der Waals surface area contributed by atoms with E-state index in [1.54, 1.807) is 18.2 Å². The van der Waals surface area contributed by atoms with Crippen molar-refractivity contribution in [1.82, 2.24) is 0 Å². The van der Waals surface area contributed by atoms with Gasteiger partial charge < -0.3 is 11.1 Å². The molecule has 5 heteroatoms. The number of rotatable bonds is 5. The summed E-state index contributed by atoms with van der Waals surface area (Å²) in [5.41, 5.74) is 6.84. The van der Waals surface area contributed by atoms with Gasteiger partial charge in [0.25, 0.3) is 0 Å². The Morgan fingerprint density at radius 1 is 1.26 bits per heavy atom. The number of nitrogens with two attached hydrogens (primary N) is 1. The zero-order valence-electron chi connectivity index (χ0n) is 12.1. The molecule has 1 aromatic carbocycles. The molecule has 0 amide bonds. The van der Waals surface area contributed by atoms with Crippen LogP contribution in [0.4, 0.5) is 5.69 Å². The van der Waals surface area contributed by atoms with E-state index < -0.39 is 9.84 Å². The number of hydrogen-bond donors (Lipinski definition) is 2. The number of nitrogens with one attached hydrogen (secondary N) is 1. The minimum atomic E-state index is -3.22. The zero-order valence-corrected chi connectivity index (χ0v) is 12.9. The van der Waals surface area contributed by atoms with Gasteiger partial charge in [-0.3, -0.25) is 0 Å². The third-order valence-electron chi connectivity index (χ3n) is 2.72. The normalized spacial score (nSPS) is 14.2. The lowest BCUT2D eigenvalue weighted by Gasteiger charge is -2.24. The van der Waals surface area contributed by atoms with Crippen LogP contribution in [0.25, 0.3) is 0 Å².